The van der Waals surface area contributed by atoms with E-state index in [0.29, 0.717) is 17.4 Å². The number of oxime groups is 1. The predicted octanol–water partition coefficient (Wildman–Crippen LogP) is 5.35. The molecule has 1 N–H and O–H groups in total. The van der Waals surface area contributed by atoms with Gasteiger partial charge >= 0.3 is 0 Å². The van der Waals surface area contributed by atoms with Crippen molar-refractivity contribution in [1.29, 1.82) is 0 Å². The fourth-order valence-corrected chi connectivity index (χ4v) is 8.48. The van der Waals surface area contributed by atoms with Gasteiger partial charge in [0.15, 0.2) is 0 Å². The summed E-state index contributed by atoms with van der Waals surface area (Å²) in [5, 5.41) is 14.4. The van der Waals surface area contributed by atoms with Crippen molar-refractivity contribution in [3.05, 3.63) is 0 Å². The molecule has 0 aliphatic heterocycles. The number of likely N-dealkylation sites (N-methyl/N-ethyl adjacent to an activating group) is 1. The fraction of sp³-hybridized carbons (Fsp3) is 0.962. The van der Waals surface area contributed by atoms with Gasteiger partial charge in [0.05, 0.1) is 6.10 Å². The van der Waals surface area contributed by atoms with E-state index < -0.39 is 0 Å². The Morgan fingerprint density at radius 2 is 1.77 bits per heavy atom. The minimum atomic E-state index is -0.0298. The number of fused-ring (bicyclic) bond motifs is 5. The molecule has 0 radical (unpaired) electrons. The van der Waals surface area contributed by atoms with E-state index in [1.165, 1.54) is 51.4 Å². The molecular formula is C26H46N2O2. The Morgan fingerprint density at radius 3 is 2.57 bits per heavy atom. The highest BCUT2D eigenvalue weighted by molar-refractivity contribution is 5.56. The molecule has 4 nitrogen and oxygen atoms in total. The van der Waals surface area contributed by atoms with Crippen LogP contribution in [-0.2, 0) is 4.84 Å². The van der Waals surface area contributed by atoms with E-state index in [1.54, 1.807) is 0 Å². The molecule has 30 heavy (non-hydrogen) atoms. The van der Waals surface area contributed by atoms with E-state index in [0.717, 1.165) is 55.4 Å². The summed E-state index contributed by atoms with van der Waals surface area (Å²) in [5.41, 5.74) is 1.04. The van der Waals surface area contributed by atoms with Crippen molar-refractivity contribution < 1.29 is 9.94 Å². The van der Waals surface area contributed by atoms with Crippen LogP contribution >= 0.6 is 0 Å². The number of hydrogen-bond donors (Lipinski definition) is 1. The van der Waals surface area contributed by atoms with Crippen LogP contribution in [0.25, 0.3) is 0 Å². The molecule has 4 aliphatic carbocycles. The molecule has 0 aromatic heterocycles. The highest BCUT2D eigenvalue weighted by atomic mass is 16.6. The Morgan fingerprint density at radius 1 is 1.00 bits per heavy atom. The average Bonchev–Trinajstić information content (AvgIpc) is 3.04. The first-order valence-corrected chi connectivity index (χ1v) is 12.8. The van der Waals surface area contributed by atoms with Crippen LogP contribution in [0.15, 0.2) is 5.16 Å². The standard InChI is InChI=1S/C26H46N2O2/c1-25-14-12-24-22(9-7-20-18-21(29)11-13-26(20,24)2)23(25)10-8-19(25)6-5-15-27-30-17-16-28(3)4/h15,19-24,29H,5-14,16-18H2,1-4H3/b27-15+/t19?,20?,21?,22-,23-,24+,25+,26-/m0/s1. The SMILES string of the molecule is CN(C)CCO/N=C/CCC1CC[C@H]2[C@@H]3CCC4CC(O)CC[C@]4(C)[C@@H]3CC[C@]12C. The lowest BCUT2D eigenvalue weighted by Gasteiger charge is -2.61. The van der Waals surface area contributed by atoms with Crippen LogP contribution in [0.2, 0.25) is 0 Å². The second-order valence-electron chi connectivity index (χ2n) is 11.9. The Labute approximate surface area is 184 Å². The molecule has 0 heterocycles. The molecule has 3 unspecified atom stereocenters. The molecule has 4 heteroatoms. The lowest BCUT2D eigenvalue weighted by atomic mass is 9.44. The third kappa shape index (κ3) is 4.20. The third-order valence-corrected chi connectivity index (χ3v) is 10.3. The van der Waals surface area contributed by atoms with E-state index in [9.17, 15) is 5.11 Å². The highest BCUT2D eigenvalue weighted by Gasteiger charge is 2.59. The monoisotopic (exact) mass is 418 g/mol. The molecule has 0 aromatic carbocycles. The van der Waals surface area contributed by atoms with Crippen LogP contribution in [-0.4, -0.2) is 49.6 Å². The minimum absolute atomic E-state index is 0.0298. The average molecular weight is 419 g/mol. The topological polar surface area (TPSA) is 45.1 Å². The summed E-state index contributed by atoms with van der Waals surface area (Å²) in [7, 11) is 4.12. The summed E-state index contributed by atoms with van der Waals surface area (Å²) in [5.74, 6) is 4.41. The zero-order chi connectivity index (χ0) is 21.4. The smallest absolute Gasteiger partial charge is 0.129 e. The normalized spacial score (nSPS) is 45.9. The first-order chi connectivity index (χ1) is 14.3. The van der Waals surface area contributed by atoms with Gasteiger partial charge < -0.3 is 14.8 Å². The maximum Gasteiger partial charge on any atom is 0.129 e. The van der Waals surface area contributed by atoms with Gasteiger partial charge in [-0.3, -0.25) is 0 Å². The lowest BCUT2D eigenvalue weighted by Crippen LogP contribution is -2.53. The second-order valence-corrected chi connectivity index (χ2v) is 11.9. The van der Waals surface area contributed by atoms with Crippen molar-refractivity contribution in [3.63, 3.8) is 0 Å². The molecule has 172 valence electrons. The maximum atomic E-state index is 10.2. The molecule has 0 amide bonds. The Hall–Kier alpha value is -0.610. The quantitative estimate of drug-likeness (QED) is 0.344. The number of aliphatic hydroxyl groups excluding tert-OH is 1. The number of rotatable bonds is 7. The zero-order valence-corrected chi connectivity index (χ0v) is 20.0. The molecule has 8 atom stereocenters. The first kappa shape index (κ1) is 22.6. The van der Waals surface area contributed by atoms with Crippen LogP contribution < -0.4 is 0 Å². The zero-order valence-electron chi connectivity index (χ0n) is 20.0. The Bertz CT molecular complexity index is 608. The van der Waals surface area contributed by atoms with Crippen molar-refractivity contribution >= 4 is 6.21 Å². The number of aliphatic hydroxyl groups is 1. The second kappa shape index (κ2) is 9.10. The molecule has 4 saturated carbocycles. The summed E-state index contributed by atoms with van der Waals surface area (Å²) < 4.78 is 0. The van der Waals surface area contributed by atoms with Gasteiger partial charge in [-0.05, 0) is 125 Å². The van der Waals surface area contributed by atoms with Crippen molar-refractivity contribution in [2.24, 2.45) is 45.6 Å². The van der Waals surface area contributed by atoms with E-state index in [2.05, 4.69) is 38.0 Å². The Kier molecular flexibility index (Phi) is 6.85. The summed E-state index contributed by atoms with van der Waals surface area (Å²) in [4.78, 5) is 7.51. The van der Waals surface area contributed by atoms with Crippen molar-refractivity contribution in [2.75, 3.05) is 27.2 Å². The molecule has 0 aromatic rings. The molecule has 0 saturated heterocycles. The first-order valence-electron chi connectivity index (χ1n) is 12.8. The molecule has 4 fully saturated rings. The van der Waals surface area contributed by atoms with E-state index in [4.69, 9.17) is 4.84 Å². The van der Waals surface area contributed by atoms with Crippen LogP contribution in [0.4, 0.5) is 0 Å². The summed E-state index contributed by atoms with van der Waals surface area (Å²) in [6.45, 7) is 6.82. The third-order valence-electron chi connectivity index (χ3n) is 10.3. The van der Waals surface area contributed by atoms with E-state index in [1.807, 2.05) is 6.21 Å². The molecule has 0 spiro atoms. The number of hydrogen-bond acceptors (Lipinski definition) is 4. The molecule has 0 bridgehead atoms. The minimum Gasteiger partial charge on any atom is -0.395 e. The van der Waals surface area contributed by atoms with Gasteiger partial charge in [0.2, 0.25) is 0 Å². The van der Waals surface area contributed by atoms with Gasteiger partial charge in [0.25, 0.3) is 0 Å². The number of nitrogens with zero attached hydrogens (tertiary/aromatic N) is 2. The van der Waals surface area contributed by atoms with Gasteiger partial charge in [-0.15, -0.1) is 0 Å². The van der Waals surface area contributed by atoms with E-state index in [-0.39, 0.29) is 6.10 Å². The van der Waals surface area contributed by atoms with Crippen LogP contribution in [0.1, 0.15) is 84.5 Å². The van der Waals surface area contributed by atoms with Crippen LogP contribution in [0, 0.1) is 40.4 Å². The Balaban J connectivity index is 1.33. The molecule has 4 rings (SSSR count). The van der Waals surface area contributed by atoms with Crippen molar-refractivity contribution in [3.8, 4) is 0 Å². The summed E-state index contributed by atoms with van der Waals surface area (Å²) in [6, 6.07) is 0. The van der Waals surface area contributed by atoms with Gasteiger partial charge in [-0.25, -0.2) is 0 Å². The lowest BCUT2D eigenvalue weighted by molar-refractivity contribution is -0.126. The highest BCUT2D eigenvalue weighted by Crippen LogP contribution is 2.67. The summed E-state index contributed by atoms with van der Waals surface area (Å²) in [6.07, 6.45) is 16.2. The summed E-state index contributed by atoms with van der Waals surface area (Å²) >= 11 is 0. The predicted molar refractivity (Wildman–Crippen MR) is 123 cm³/mol. The van der Waals surface area contributed by atoms with Gasteiger partial charge in [-0.2, -0.15) is 0 Å². The van der Waals surface area contributed by atoms with Gasteiger partial charge in [0.1, 0.15) is 6.61 Å². The molecular weight excluding hydrogens is 372 g/mol. The van der Waals surface area contributed by atoms with Crippen molar-refractivity contribution in [2.45, 2.75) is 90.6 Å². The maximum absolute atomic E-state index is 10.2. The van der Waals surface area contributed by atoms with Crippen molar-refractivity contribution in [1.82, 2.24) is 4.90 Å². The fourth-order valence-electron chi connectivity index (χ4n) is 8.48. The largest absolute Gasteiger partial charge is 0.395 e. The van der Waals surface area contributed by atoms with Crippen LogP contribution in [0.3, 0.4) is 0 Å². The van der Waals surface area contributed by atoms with Crippen LogP contribution in [0.5, 0.6) is 0 Å². The van der Waals surface area contributed by atoms with E-state index >= 15 is 0 Å². The van der Waals surface area contributed by atoms with Gasteiger partial charge in [-0.1, -0.05) is 19.0 Å². The molecule has 4 aliphatic rings. The van der Waals surface area contributed by atoms with Gasteiger partial charge in [0, 0.05) is 12.8 Å².